The van der Waals surface area contributed by atoms with Gasteiger partial charge in [0.1, 0.15) is 17.2 Å². The molecule has 22 heavy (non-hydrogen) atoms. The second kappa shape index (κ2) is 7.07. The van der Waals surface area contributed by atoms with Crippen molar-refractivity contribution in [3.63, 3.8) is 0 Å². The number of methoxy groups -OCH3 is 2. The summed E-state index contributed by atoms with van der Waals surface area (Å²) < 4.78 is 10.3. The molecular weight excluding hydrogens is 286 g/mol. The first-order valence-corrected chi connectivity index (χ1v) is 6.39. The van der Waals surface area contributed by atoms with Crippen molar-refractivity contribution in [3.05, 3.63) is 58.1 Å². The minimum Gasteiger partial charge on any atom is -0.497 e. The third-order valence-electron chi connectivity index (χ3n) is 2.87. The summed E-state index contributed by atoms with van der Waals surface area (Å²) in [6.07, 6.45) is 1.53. The van der Waals surface area contributed by atoms with Gasteiger partial charge in [-0.15, -0.1) is 0 Å². The zero-order valence-electron chi connectivity index (χ0n) is 12.1. The Hall–Kier alpha value is -3.09. The van der Waals surface area contributed by atoms with E-state index >= 15 is 0 Å². The monoisotopic (exact) mass is 301 g/mol. The average molecular weight is 301 g/mol. The lowest BCUT2D eigenvalue weighted by Crippen LogP contribution is -1.97. The standard InChI is InChI=1S/C15H15N3O4/c1-21-12-7-11(8-13(9-12)22-2)10-16-17-14-5-3-4-6-15(14)18(19)20/h3-10,17H,1-2H3/b16-10+. The largest absolute Gasteiger partial charge is 0.497 e. The SMILES string of the molecule is COc1cc(/C=N/Nc2ccccc2[N+](=O)[O-])cc(OC)c1. The molecule has 0 radical (unpaired) electrons. The third kappa shape index (κ3) is 3.72. The predicted molar refractivity (Wildman–Crippen MR) is 83.9 cm³/mol. The van der Waals surface area contributed by atoms with Crippen LogP contribution < -0.4 is 14.9 Å². The minimum absolute atomic E-state index is 0.0390. The molecular formula is C15H15N3O4. The van der Waals surface area contributed by atoms with Crippen LogP contribution in [-0.2, 0) is 0 Å². The number of anilines is 1. The first-order valence-electron chi connectivity index (χ1n) is 6.39. The van der Waals surface area contributed by atoms with Crippen LogP contribution in [0.3, 0.4) is 0 Å². The van der Waals surface area contributed by atoms with Gasteiger partial charge in [0, 0.05) is 17.7 Å². The molecule has 7 heteroatoms. The Labute approximate surface area is 127 Å². The van der Waals surface area contributed by atoms with Crippen molar-refractivity contribution in [1.82, 2.24) is 0 Å². The molecule has 0 unspecified atom stereocenters. The van der Waals surface area contributed by atoms with E-state index < -0.39 is 4.92 Å². The normalized spacial score (nSPS) is 10.5. The second-order valence-electron chi connectivity index (χ2n) is 4.29. The van der Waals surface area contributed by atoms with Gasteiger partial charge in [0.15, 0.2) is 0 Å². The number of hydrogen-bond acceptors (Lipinski definition) is 6. The highest BCUT2D eigenvalue weighted by molar-refractivity contribution is 5.82. The van der Waals surface area contributed by atoms with Crippen LogP contribution in [0.15, 0.2) is 47.6 Å². The molecule has 0 saturated heterocycles. The number of para-hydroxylation sites is 2. The van der Waals surface area contributed by atoms with Crippen molar-refractivity contribution < 1.29 is 14.4 Å². The van der Waals surface area contributed by atoms with Crippen LogP contribution in [0.5, 0.6) is 11.5 Å². The van der Waals surface area contributed by atoms with Gasteiger partial charge >= 0.3 is 0 Å². The molecule has 0 bridgehead atoms. The van der Waals surface area contributed by atoms with Crippen LogP contribution in [0, 0.1) is 10.1 Å². The maximum Gasteiger partial charge on any atom is 0.294 e. The number of benzene rings is 2. The van der Waals surface area contributed by atoms with Crippen LogP contribution in [0.4, 0.5) is 11.4 Å². The highest BCUT2D eigenvalue weighted by atomic mass is 16.6. The Kier molecular flexibility index (Phi) is 4.92. The van der Waals surface area contributed by atoms with Gasteiger partial charge in [-0.2, -0.15) is 5.10 Å². The smallest absolute Gasteiger partial charge is 0.294 e. The number of nitro groups is 1. The summed E-state index contributed by atoms with van der Waals surface area (Å²) in [7, 11) is 3.11. The number of nitrogens with zero attached hydrogens (tertiary/aromatic N) is 2. The number of rotatable bonds is 6. The molecule has 0 atom stereocenters. The Balaban J connectivity index is 2.18. The van der Waals surface area contributed by atoms with Gasteiger partial charge in [-0.3, -0.25) is 15.5 Å². The van der Waals surface area contributed by atoms with E-state index in [1.54, 1.807) is 50.6 Å². The maximum absolute atomic E-state index is 10.9. The average Bonchev–Trinajstić information content (AvgIpc) is 2.54. The fourth-order valence-corrected chi connectivity index (χ4v) is 1.81. The number of ether oxygens (including phenoxy) is 2. The van der Waals surface area contributed by atoms with Gasteiger partial charge in [0.2, 0.25) is 0 Å². The second-order valence-corrected chi connectivity index (χ2v) is 4.29. The van der Waals surface area contributed by atoms with E-state index in [1.807, 2.05) is 0 Å². The van der Waals surface area contributed by atoms with Gasteiger partial charge < -0.3 is 9.47 Å². The summed E-state index contributed by atoms with van der Waals surface area (Å²) in [5.41, 5.74) is 3.68. The first kappa shape index (κ1) is 15.3. The molecule has 0 aliphatic rings. The molecule has 0 fully saturated rings. The number of nitro benzene ring substituents is 1. The summed E-state index contributed by atoms with van der Waals surface area (Å²) in [5, 5.41) is 14.9. The molecule has 114 valence electrons. The molecule has 0 amide bonds. The van der Waals surface area contributed by atoms with Crippen molar-refractivity contribution in [2.45, 2.75) is 0 Å². The van der Waals surface area contributed by atoms with Gasteiger partial charge in [0.25, 0.3) is 5.69 Å². The molecule has 1 N–H and O–H groups in total. The van der Waals surface area contributed by atoms with Gasteiger partial charge in [-0.1, -0.05) is 12.1 Å². The topological polar surface area (TPSA) is 86.0 Å². The zero-order chi connectivity index (χ0) is 15.9. The zero-order valence-corrected chi connectivity index (χ0v) is 12.1. The number of nitrogens with one attached hydrogen (secondary N) is 1. The molecule has 0 spiro atoms. The van der Waals surface area contributed by atoms with Crippen molar-refractivity contribution in [1.29, 1.82) is 0 Å². The molecule has 0 aliphatic carbocycles. The molecule has 0 aromatic heterocycles. The third-order valence-corrected chi connectivity index (χ3v) is 2.87. The van der Waals surface area contributed by atoms with Crippen LogP contribution in [-0.4, -0.2) is 25.4 Å². The van der Waals surface area contributed by atoms with E-state index in [9.17, 15) is 10.1 Å². The van der Waals surface area contributed by atoms with E-state index in [1.165, 1.54) is 12.3 Å². The first-order chi connectivity index (χ1) is 10.6. The van der Waals surface area contributed by atoms with Crippen molar-refractivity contribution in [2.24, 2.45) is 5.10 Å². The predicted octanol–water partition coefficient (Wildman–Crippen LogP) is 3.06. The summed E-state index contributed by atoms with van der Waals surface area (Å²) in [6.45, 7) is 0. The van der Waals surface area contributed by atoms with Crippen LogP contribution in [0.1, 0.15) is 5.56 Å². The summed E-state index contributed by atoms with van der Waals surface area (Å²) in [4.78, 5) is 10.4. The van der Waals surface area contributed by atoms with Crippen molar-refractivity contribution in [3.8, 4) is 11.5 Å². The van der Waals surface area contributed by atoms with Gasteiger partial charge in [0.05, 0.1) is 25.4 Å². The molecule has 0 aliphatic heterocycles. The Morgan fingerprint density at radius 2 is 1.77 bits per heavy atom. The van der Waals surface area contributed by atoms with E-state index in [2.05, 4.69) is 10.5 Å². The van der Waals surface area contributed by atoms with Crippen LogP contribution in [0.2, 0.25) is 0 Å². The van der Waals surface area contributed by atoms with E-state index in [0.717, 1.165) is 5.56 Å². The van der Waals surface area contributed by atoms with Crippen LogP contribution in [0.25, 0.3) is 0 Å². The van der Waals surface area contributed by atoms with E-state index in [4.69, 9.17) is 9.47 Å². The van der Waals surface area contributed by atoms with Crippen LogP contribution >= 0.6 is 0 Å². The van der Waals surface area contributed by atoms with E-state index in [-0.39, 0.29) is 5.69 Å². The maximum atomic E-state index is 10.9. The summed E-state index contributed by atoms with van der Waals surface area (Å²) in [5.74, 6) is 1.26. The quantitative estimate of drug-likeness (QED) is 0.503. The molecule has 2 rings (SSSR count). The lowest BCUT2D eigenvalue weighted by Gasteiger charge is -2.05. The summed E-state index contributed by atoms with van der Waals surface area (Å²) >= 11 is 0. The highest BCUT2D eigenvalue weighted by Crippen LogP contribution is 2.24. The van der Waals surface area contributed by atoms with Crippen molar-refractivity contribution >= 4 is 17.6 Å². The Morgan fingerprint density at radius 1 is 1.14 bits per heavy atom. The van der Waals surface area contributed by atoms with Gasteiger partial charge in [-0.05, 0) is 18.2 Å². The van der Waals surface area contributed by atoms with Gasteiger partial charge in [-0.25, -0.2) is 0 Å². The molecule has 7 nitrogen and oxygen atoms in total. The Morgan fingerprint density at radius 3 is 2.36 bits per heavy atom. The number of hydrogen-bond donors (Lipinski definition) is 1. The fourth-order valence-electron chi connectivity index (χ4n) is 1.81. The Bertz CT molecular complexity index is 679. The lowest BCUT2D eigenvalue weighted by atomic mass is 10.2. The minimum atomic E-state index is -0.466. The molecule has 2 aromatic rings. The summed E-state index contributed by atoms with van der Waals surface area (Å²) in [6, 6.07) is 11.6. The highest BCUT2D eigenvalue weighted by Gasteiger charge is 2.10. The lowest BCUT2D eigenvalue weighted by molar-refractivity contribution is -0.384. The fraction of sp³-hybridized carbons (Fsp3) is 0.133. The molecule has 0 saturated carbocycles. The molecule has 0 heterocycles. The van der Waals surface area contributed by atoms with E-state index in [0.29, 0.717) is 17.2 Å². The molecule has 2 aromatic carbocycles. The van der Waals surface area contributed by atoms with Crippen molar-refractivity contribution in [2.75, 3.05) is 19.6 Å². The number of hydrazone groups is 1.